The highest BCUT2D eigenvalue weighted by Gasteiger charge is 2.16. The van der Waals surface area contributed by atoms with Crippen LogP contribution in [-0.2, 0) is 0 Å². The second kappa shape index (κ2) is 7.21. The molecular weight excluding hydrogens is 316 g/mol. The van der Waals surface area contributed by atoms with Crippen molar-refractivity contribution in [2.24, 2.45) is 5.92 Å². The van der Waals surface area contributed by atoms with E-state index in [9.17, 15) is 9.59 Å². The van der Waals surface area contributed by atoms with Gasteiger partial charge in [0.25, 0.3) is 11.8 Å². The third-order valence-electron chi connectivity index (χ3n) is 3.74. The summed E-state index contributed by atoms with van der Waals surface area (Å²) < 4.78 is 5.57. The van der Waals surface area contributed by atoms with Crippen LogP contribution >= 0.6 is 0 Å². The van der Waals surface area contributed by atoms with E-state index in [1.54, 1.807) is 36.4 Å². The standard InChI is InChI=1S/C20H20N2O3/c1-13(2)12-21-19(23)15-8-4-5-9-16(15)22-20(24)18-11-14-7-3-6-10-17(14)25-18/h3-11,13H,12H2,1-2H3,(H,21,23)(H,22,24). The Morgan fingerprint density at radius 1 is 1.00 bits per heavy atom. The maximum atomic E-state index is 12.5. The fourth-order valence-corrected chi connectivity index (χ4v) is 2.46. The zero-order chi connectivity index (χ0) is 17.8. The number of amides is 2. The highest BCUT2D eigenvalue weighted by atomic mass is 16.3. The normalized spacial score (nSPS) is 10.8. The van der Waals surface area contributed by atoms with Crippen LogP contribution in [0.3, 0.4) is 0 Å². The summed E-state index contributed by atoms with van der Waals surface area (Å²) >= 11 is 0. The van der Waals surface area contributed by atoms with Gasteiger partial charge >= 0.3 is 0 Å². The molecule has 3 aromatic rings. The topological polar surface area (TPSA) is 71.3 Å². The lowest BCUT2D eigenvalue weighted by atomic mass is 10.1. The minimum absolute atomic E-state index is 0.207. The van der Waals surface area contributed by atoms with Gasteiger partial charge in [0.05, 0.1) is 11.3 Å². The molecule has 128 valence electrons. The van der Waals surface area contributed by atoms with Gasteiger partial charge in [-0.15, -0.1) is 0 Å². The van der Waals surface area contributed by atoms with E-state index >= 15 is 0 Å². The number of para-hydroxylation sites is 2. The lowest BCUT2D eigenvalue weighted by molar-refractivity contribution is 0.0950. The second-order valence-corrected chi connectivity index (χ2v) is 6.25. The summed E-state index contributed by atoms with van der Waals surface area (Å²) in [4.78, 5) is 24.8. The molecule has 0 aliphatic rings. The smallest absolute Gasteiger partial charge is 0.291 e. The van der Waals surface area contributed by atoms with Gasteiger partial charge in [0.2, 0.25) is 0 Å². The average molecular weight is 336 g/mol. The predicted octanol–water partition coefficient (Wildman–Crippen LogP) is 4.07. The summed E-state index contributed by atoms with van der Waals surface area (Å²) in [6.45, 7) is 4.62. The number of hydrogen-bond acceptors (Lipinski definition) is 3. The second-order valence-electron chi connectivity index (χ2n) is 6.25. The molecule has 2 aromatic carbocycles. The summed E-state index contributed by atoms with van der Waals surface area (Å²) in [5.74, 6) is -0.0469. The van der Waals surface area contributed by atoms with Crippen molar-refractivity contribution in [2.45, 2.75) is 13.8 Å². The zero-order valence-electron chi connectivity index (χ0n) is 14.2. The van der Waals surface area contributed by atoms with Gasteiger partial charge < -0.3 is 15.1 Å². The predicted molar refractivity (Wildman–Crippen MR) is 97.8 cm³/mol. The Morgan fingerprint density at radius 2 is 1.72 bits per heavy atom. The molecule has 1 aromatic heterocycles. The number of furan rings is 1. The van der Waals surface area contributed by atoms with Crippen molar-refractivity contribution in [3.8, 4) is 0 Å². The molecule has 0 saturated heterocycles. The van der Waals surface area contributed by atoms with Crippen LogP contribution in [-0.4, -0.2) is 18.4 Å². The van der Waals surface area contributed by atoms with Crippen LogP contribution in [0.1, 0.15) is 34.8 Å². The fraction of sp³-hybridized carbons (Fsp3) is 0.200. The zero-order valence-corrected chi connectivity index (χ0v) is 14.2. The van der Waals surface area contributed by atoms with E-state index < -0.39 is 0 Å². The summed E-state index contributed by atoms with van der Waals surface area (Å²) in [5, 5.41) is 6.48. The molecule has 2 N–H and O–H groups in total. The van der Waals surface area contributed by atoms with Gasteiger partial charge in [0.15, 0.2) is 5.76 Å². The van der Waals surface area contributed by atoms with Gasteiger partial charge in [0.1, 0.15) is 5.58 Å². The summed E-state index contributed by atoms with van der Waals surface area (Å²) in [6.07, 6.45) is 0. The van der Waals surface area contributed by atoms with Crippen LogP contribution in [0.4, 0.5) is 5.69 Å². The van der Waals surface area contributed by atoms with Gasteiger partial charge in [-0.05, 0) is 30.2 Å². The molecule has 0 atom stereocenters. The SMILES string of the molecule is CC(C)CNC(=O)c1ccccc1NC(=O)c1cc2ccccc2o1. The lowest BCUT2D eigenvalue weighted by Gasteiger charge is -2.12. The van der Waals surface area contributed by atoms with Crippen molar-refractivity contribution in [2.75, 3.05) is 11.9 Å². The third kappa shape index (κ3) is 3.88. The van der Waals surface area contributed by atoms with Gasteiger partial charge in [-0.1, -0.05) is 44.2 Å². The largest absolute Gasteiger partial charge is 0.451 e. The van der Waals surface area contributed by atoms with Gasteiger partial charge in [0, 0.05) is 11.9 Å². The first kappa shape index (κ1) is 16.8. The van der Waals surface area contributed by atoms with E-state index in [0.717, 1.165) is 5.39 Å². The third-order valence-corrected chi connectivity index (χ3v) is 3.74. The highest BCUT2D eigenvalue weighted by molar-refractivity contribution is 6.09. The molecule has 0 bridgehead atoms. The number of nitrogens with one attached hydrogen (secondary N) is 2. The Kier molecular flexibility index (Phi) is 4.84. The monoisotopic (exact) mass is 336 g/mol. The molecule has 0 fully saturated rings. The number of anilines is 1. The summed E-state index contributed by atoms with van der Waals surface area (Å²) in [5.41, 5.74) is 1.53. The van der Waals surface area contributed by atoms with E-state index in [1.165, 1.54) is 0 Å². The van der Waals surface area contributed by atoms with Crippen molar-refractivity contribution in [3.05, 3.63) is 65.9 Å². The van der Waals surface area contributed by atoms with Crippen LogP contribution in [0, 0.1) is 5.92 Å². The van der Waals surface area contributed by atoms with Crippen LogP contribution in [0.5, 0.6) is 0 Å². The molecule has 0 aliphatic carbocycles. The Hall–Kier alpha value is -3.08. The maximum Gasteiger partial charge on any atom is 0.291 e. The summed E-state index contributed by atoms with van der Waals surface area (Å²) in [6, 6.07) is 16.0. The Bertz CT molecular complexity index is 879. The van der Waals surface area contributed by atoms with Gasteiger partial charge in [-0.2, -0.15) is 0 Å². The van der Waals surface area contributed by atoms with Crippen LogP contribution in [0.15, 0.2) is 59.0 Å². The minimum Gasteiger partial charge on any atom is -0.451 e. The van der Waals surface area contributed by atoms with Crippen molar-refractivity contribution < 1.29 is 14.0 Å². The van der Waals surface area contributed by atoms with E-state index in [2.05, 4.69) is 10.6 Å². The maximum absolute atomic E-state index is 12.5. The Labute approximate surface area is 146 Å². The molecule has 0 unspecified atom stereocenters. The fourth-order valence-electron chi connectivity index (χ4n) is 2.46. The number of carbonyl (C=O) groups is 2. The molecule has 3 rings (SSSR count). The molecule has 0 radical (unpaired) electrons. The number of hydrogen-bond donors (Lipinski definition) is 2. The molecule has 5 nitrogen and oxygen atoms in total. The number of fused-ring (bicyclic) bond motifs is 1. The van der Waals surface area contributed by atoms with Crippen LogP contribution in [0.25, 0.3) is 11.0 Å². The Balaban J connectivity index is 1.80. The van der Waals surface area contributed by atoms with Crippen LogP contribution in [0.2, 0.25) is 0 Å². The Morgan fingerprint density at radius 3 is 2.48 bits per heavy atom. The average Bonchev–Trinajstić information content (AvgIpc) is 3.04. The molecule has 0 spiro atoms. The van der Waals surface area contributed by atoms with E-state index in [4.69, 9.17) is 4.42 Å². The van der Waals surface area contributed by atoms with Gasteiger partial charge in [-0.3, -0.25) is 9.59 Å². The van der Waals surface area contributed by atoms with Gasteiger partial charge in [-0.25, -0.2) is 0 Å². The molecule has 5 heteroatoms. The minimum atomic E-state index is -0.389. The van der Waals surface area contributed by atoms with Crippen molar-refractivity contribution >= 4 is 28.5 Å². The molecule has 1 heterocycles. The van der Waals surface area contributed by atoms with Crippen molar-refractivity contribution in [3.63, 3.8) is 0 Å². The first-order chi connectivity index (χ1) is 12.0. The van der Waals surface area contributed by atoms with E-state index in [1.807, 2.05) is 32.0 Å². The first-order valence-corrected chi connectivity index (χ1v) is 8.22. The van der Waals surface area contributed by atoms with Crippen molar-refractivity contribution in [1.29, 1.82) is 0 Å². The molecule has 2 amide bonds. The van der Waals surface area contributed by atoms with Crippen molar-refractivity contribution in [1.82, 2.24) is 5.32 Å². The molecular formula is C20H20N2O3. The van der Waals surface area contributed by atoms with E-state index in [0.29, 0.717) is 29.3 Å². The molecule has 0 aliphatic heterocycles. The molecule has 0 saturated carbocycles. The quantitative estimate of drug-likeness (QED) is 0.738. The molecule has 25 heavy (non-hydrogen) atoms. The lowest BCUT2D eigenvalue weighted by Crippen LogP contribution is -2.28. The van der Waals surface area contributed by atoms with Crippen LogP contribution < -0.4 is 10.6 Å². The number of rotatable bonds is 5. The number of benzene rings is 2. The first-order valence-electron chi connectivity index (χ1n) is 8.22. The number of carbonyl (C=O) groups excluding carboxylic acids is 2. The van der Waals surface area contributed by atoms with E-state index in [-0.39, 0.29) is 17.6 Å². The summed E-state index contributed by atoms with van der Waals surface area (Å²) in [7, 11) is 0. The highest BCUT2D eigenvalue weighted by Crippen LogP contribution is 2.21.